The third-order valence-electron chi connectivity index (χ3n) is 4.86. The molecule has 1 unspecified atom stereocenters. The van der Waals surface area contributed by atoms with Gasteiger partial charge in [-0.2, -0.15) is 0 Å². The van der Waals surface area contributed by atoms with Crippen LogP contribution in [0.15, 0.2) is 24.4 Å². The summed E-state index contributed by atoms with van der Waals surface area (Å²) in [6.07, 6.45) is 2.43. The second-order valence-electron chi connectivity index (χ2n) is 6.46. The Kier molecular flexibility index (Phi) is 5.04. The number of aromatic nitrogens is 1. The fourth-order valence-electron chi connectivity index (χ4n) is 3.74. The molecule has 9 nitrogen and oxygen atoms in total. The predicted molar refractivity (Wildman–Crippen MR) is 93.9 cm³/mol. The van der Waals surface area contributed by atoms with Crippen LogP contribution < -0.4 is 4.74 Å². The highest BCUT2D eigenvalue weighted by molar-refractivity contribution is 5.91. The number of fused-ring (bicyclic) bond motifs is 1. The minimum absolute atomic E-state index is 0.336. The standard InChI is InChI=1S/C18H20N2O7/c1-27-10-4-5-13-11(7-10)12(8-19(13)9-15(21)22)16(18(25)26)20-6-2-3-14(20)17(23)24/h4-5,7-8,14,16H,2-3,6,9H2,1H3,(H,21,22)(H,23,24)(H,25,26)/t14-,16?/m0/s1. The Hall–Kier alpha value is -3.07. The molecule has 1 aliphatic heterocycles. The molecule has 2 heterocycles. The maximum absolute atomic E-state index is 12.1. The zero-order chi connectivity index (χ0) is 19.7. The highest BCUT2D eigenvalue weighted by Gasteiger charge is 2.40. The summed E-state index contributed by atoms with van der Waals surface area (Å²) in [6, 6.07) is 2.88. The van der Waals surface area contributed by atoms with Crippen LogP contribution in [0.1, 0.15) is 24.4 Å². The highest BCUT2D eigenvalue weighted by atomic mass is 16.5. The molecule has 1 aromatic carbocycles. The first-order chi connectivity index (χ1) is 12.8. The first kappa shape index (κ1) is 18.7. The number of hydrogen-bond donors (Lipinski definition) is 3. The number of carboxylic acids is 3. The fourth-order valence-corrected chi connectivity index (χ4v) is 3.74. The number of benzene rings is 1. The Labute approximate surface area is 154 Å². The van der Waals surface area contributed by atoms with E-state index in [-0.39, 0.29) is 6.54 Å². The summed E-state index contributed by atoms with van der Waals surface area (Å²) in [7, 11) is 1.48. The number of carboxylic acid groups (broad SMARTS) is 3. The number of hydrogen-bond acceptors (Lipinski definition) is 5. The topological polar surface area (TPSA) is 129 Å². The highest BCUT2D eigenvalue weighted by Crippen LogP contribution is 2.36. The first-order valence-corrected chi connectivity index (χ1v) is 8.43. The number of rotatable bonds is 7. The van der Waals surface area contributed by atoms with Crippen molar-refractivity contribution in [3.63, 3.8) is 0 Å². The second-order valence-corrected chi connectivity index (χ2v) is 6.46. The molecule has 27 heavy (non-hydrogen) atoms. The summed E-state index contributed by atoms with van der Waals surface area (Å²) in [6.45, 7) is 0.00102. The molecule has 0 aliphatic carbocycles. The van der Waals surface area contributed by atoms with Crippen LogP contribution in [-0.4, -0.2) is 62.4 Å². The van der Waals surface area contributed by atoms with Crippen LogP contribution in [0.5, 0.6) is 5.75 Å². The second kappa shape index (κ2) is 7.28. The van der Waals surface area contributed by atoms with E-state index in [4.69, 9.17) is 9.84 Å². The van der Waals surface area contributed by atoms with Gasteiger partial charge in [0, 0.05) is 29.2 Å². The van der Waals surface area contributed by atoms with E-state index in [0.717, 1.165) is 0 Å². The van der Waals surface area contributed by atoms with Crippen LogP contribution in [0.4, 0.5) is 0 Å². The molecule has 0 radical (unpaired) electrons. The van der Waals surface area contributed by atoms with E-state index in [1.807, 2.05) is 0 Å². The lowest BCUT2D eigenvalue weighted by molar-refractivity contribution is -0.149. The van der Waals surface area contributed by atoms with Crippen molar-refractivity contribution in [1.29, 1.82) is 0 Å². The van der Waals surface area contributed by atoms with Gasteiger partial charge in [0.2, 0.25) is 0 Å². The summed E-state index contributed by atoms with van der Waals surface area (Å²) in [5.74, 6) is -2.81. The van der Waals surface area contributed by atoms with Crippen molar-refractivity contribution in [2.24, 2.45) is 0 Å². The molecular formula is C18H20N2O7. The molecule has 0 saturated carbocycles. The van der Waals surface area contributed by atoms with Crippen molar-refractivity contribution in [2.75, 3.05) is 13.7 Å². The number of likely N-dealkylation sites (tertiary alicyclic amines) is 1. The largest absolute Gasteiger partial charge is 0.497 e. The molecule has 2 atom stereocenters. The molecule has 1 aliphatic rings. The van der Waals surface area contributed by atoms with Crippen molar-refractivity contribution in [2.45, 2.75) is 31.5 Å². The molecule has 1 saturated heterocycles. The van der Waals surface area contributed by atoms with Gasteiger partial charge in [0.05, 0.1) is 7.11 Å². The van der Waals surface area contributed by atoms with Crippen LogP contribution in [-0.2, 0) is 20.9 Å². The van der Waals surface area contributed by atoms with E-state index in [1.54, 1.807) is 18.2 Å². The number of methoxy groups -OCH3 is 1. The molecule has 0 bridgehead atoms. The SMILES string of the molecule is COc1ccc2c(c1)c(C(C(=O)O)N1CCC[C@H]1C(=O)O)cn2CC(=O)O. The Morgan fingerprint density at radius 1 is 1.26 bits per heavy atom. The molecular weight excluding hydrogens is 356 g/mol. The van der Waals surface area contributed by atoms with Gasteiger partial charge < -0.3 is 24.6 Å². The molecule has 0 amide bonds. The number of nitrogens with zero attached hydrogens (tertiary/aromatic N) is 2. The number of carbonyl (C=O) groups is 3. The van der Waals surface area contributed by atoms with E-state index in [9.17, 15) is 24.6 Å². The Morgan fingerprint density at radius 2 is 2.00 bits per heavy atom. The van der Waals surface area contributed by atoms with Crippen LogP contribution in [0, 0.1) is 0 Å². The number of ether oxygens (including phenoxy) is 1. The minimum atomic E-state index is -1.20. The minimum Gasteiger partial charge on any atom is -0.497 e. The lowest BCUT2D eigenvalue weighted by atomic mass is 10.0. The van der Waals surface area contributed by atoms with Gasteiger partial charge in [-0.05, 0) is 31.0 Å². The van der Waals surface area contributed by atoms with Gasteiger partial charge in [0.25, 0.3) is 0 Å². The maximum atomic E-state index is 12.1. The summed E-state index contributed by atoms with van der Waals surface area (Å²) in [4.78, 5) is 36.3. The molecule has 0 spiro atoms. The van der Waals surface area contributed by atoms with E-state index >= 15 is 0 Å². The van der Waals surface area contributed by atoms with Gasteiger partial charge >= 0.3 is 17.9 Å². The van der Waals surface area contributed by atoms with Crippen LogP contribution >= 0.6 is 0 Å². The lowest BCUT2D eigenvalue weighted by Gasteiger charge is -2.27. The third-order valence-corrected chi connectivity index (χ3v) is 4.86. The van der Waals surface area contributed by atoms with Crippen LogP contribution in [0.25, 0.3) is 10.9 Å². The Morgan fingerprint density at radius 3 is 2.59 bits per heavy atom. The predicted octanol–water partition coefficient (Wildman–Crippen LogP) is 1.41. The van der Waals surface area contributed by atoms with Crippen molar-refractivity contribution in [3.05, 3.63) is 30.0 Å². The van der Waals surface area contributed by atoms with Gasteiger partial charge in [0.15, 0.2) is 0 Å². The van der Waals surface area contributed by atoms with Crippen molar-refractivity contribution < 1.29 is 34.4 Å². The summed E-state index contributed by atoms with van der Waals surface area (Å²) < 4.78 is 6.66. The van der Waals surface area contributed by atoms with E-state index in [1.165, 1.54) is 22.8 Å². The average Bonchev–Trinajstić information content (AvgIpc) is 3.20. The van der Waals surface area contributed by atoms with Crippen LogP contribution in [0.3, 0.4) is 0 Å². The molecule has 3 N–H and O–H groups in total. The molecule has 9 heteroatoms. The summed E-state index contributed by atoms with van der Waals surface area (Å²) >= 11 is 0. The molecule has 2 aromatic rings. The summed E-state index contributed by atoms with van der Waals surface area (Å²) in [5.41, 5.74) is 0.899. The third kappa shape index (κ3) is 3.45. The monoisotopic (exact) mass is 376 g/mol. The fraction of sp³-hybridized carbons (Fsp3) is 0.389. The molecule has 144 valence electrons. The van der Waals surface area contributed by atoms with Gasteiger partial charge in [-0.1, -0.05) is 0 Å². The average molecular weight is 376 g/mol. The Balaban J connectivity index is 2.18. The van der Waals surface area contributed by atoms with Gasteiger partial charge in [-0.3, -0.25) is 19.3 Å². The number of aliphatic carboxylic acids is 3. The quantitative estimate of drug-likeness (QED) is 0.661. The molecule has 1 aromatic heterocycles. The normalized spacial score (nSPS) is 18.5. The molecule has 3 rings (SSSR count). The van der Waals surface area contributed by atoms with Gasteiger partial charge in [-0.25, -0.2) is 0 Å². The van der Waals surface area contributed by atoms with Gasteiger partial charge in [0.1, 0.15) is 24.4 Å². The van der Waals surface area contributed by atoms with E-state index < -0.39 is 30.0 Å². The lowest BCUT2D eigenvalue weighted by Crippen LogP contribution is -2.41. The van der Waals surface area contributed by atoms with Crippen molar-refractivity contribution in [3.8, 4) is 5.75 Å². The van der Waals surface area contributed by atoms with Crippen LogP contribution in [0.2, 0.25) is 0 Å². The van der Waals surface area contributed by atoms with Gasteiger partial charge in [-0.15, -0.1) is 0 Å². The van der Waals surface area contributed by atoms with E-state index in [0.29, 0.717) is 41.6 Å². The smallest absolute Gasteiger partial charge is 0.325 e. The van der Waals surface area contributed by atoms with Crippen molar-refractivity contribution >= 4 is 28.8 Å². The molecule has 1 fully saturated rings. The zero-order valence-corrected chi connectivity index (χ0v) is 14.7. The zero-order valence-electron chi connectivity index (χ0n) is 14.7. The Bertz CT molecular complexity index is 904. The maximum Gasteiger partial charge on any atom is 0.325 e. The summed E-state index contributed by atoms with van der Waals surface area (Å²) in [5, 5.41) is 29.0. The van der Waals surface area contributed by atoms with E-state index in [2.05, 4.69) is 0 Å². The van der Waals surface area contributed by atoms with Crippen molar-refractivity contribution in [1.82, 2.24) is 9.47 Å². The first-order valence-electron chi connectivity index (χ1n) is 8.43.